The standard InChI is InChI=1S/C18H23NO4/c1-3-11-18(16(20)22-4-2)12-8-13-19(18)17(21)23-14-15-9-6-5-7-10-15/h3,5-7,9-10H,1,4,8,11-14H2,2H3. The molecule has 124 valence electrons. The van der Waals surface area contributed by atoms with Crippen LogP contribution in [0.15, 0.2) is 43.0 Å². The van der Waals surface area contributed by atoms with E-state index >= 15 is 0 Å². The molecular formula is C18H23NO4. The number of hydrogen-bond acceptors (Lipinski definition) is 4. The Balaban J connectivity index is 2.09. The van der Waals surface area contributed by atoms with Gasteiger partial charge in [0, 0.05) is 6.54 Å². The van der Waals surface area contributed by atoms with Crippen LogP contribution in [0, 0.1) is 0 Å². The van der Waals surface area contributed by atoms with Gasteiger partial charge in [0.1, 0.15) is 12.1 Å². The topological polar surface area (TPSA) is 55.8 Å². The first-order valence-electron chi connectivity index (χ1n) is 7.90. The highest BCUT2D eigenvalue weighted by Gasteiger charge is 2.50. The summed E-state index contributed by atoms with van der Waals surface area (Å²) in [6.45, 7) is 6.42. The first-order valence-corrected chi connectivity index (χ1v) is 7.90. The van der Waals surface area contributed by atoms with Crippen molar-refractivity contribution in [1.82, 2.24) is 4.90 Å². The molecule has 0 aromatic heterocycles. The van der Waals surface area contributed by atoms with Gasteiger partial charge in [0.15, 0.2) is 0 Å². The zero-order valence-corrected chi connectivity index (χ0v) is 13.5. The number of benzene rings is 1. The molecule has 23 heavy (non-hydrogen) atoms. The van der Waals surface area contributed by atoms with Gasteiger partial charge in [-0.2, -0.15) is 0 Å². The number of carbonyl (C=O) groups excluding carboxylic acids is 2. The van der Waals surface area contributed by atoms with Gasteiger partial charge in [-0.1, -0.05) is 36.4 Å². The Morgan fingerprint density at radius 3 is 2.70 bits per heavy atom. The van der Waals surface area contributed by atoms with Crippen molar-refractivity contribution in [3.63, 3.8) is 0 Å². The summed E-state index contributed by atoms with van der Waals surface area (Å²) in [5.41, 5.74) is -0.0728. The highest BCUT2D eigenvalue weighted by atomic mass is 16.6. The molecule has 1 aliphatic heterocycles. The largest absolute Gasteiger partial charge is 0.464 e. The van der Waals surface area contributed by atoms with E-state index in [4.69, 9.17) is 9.47 Å². The zero-order chi connectivity index (χ0) is 16.7. The lowest BCUT2D eigenvalue weighted by Crippen LogP contribution is -2.53. The molecule has 1 aromatic carbocycles. The third-order valence-corrected chi connectivity index (χ3v) is 4.05. The average molecular weight is 317 g/mol. The maximum absolute atomic E-state index is 12.5. The van der Waals surface area contributed by atoms with Crippen LogP contribution in [0.1, 0.15) is 31.7 Å². The first kappa shape index (κ1) is 17.1. The number of ether oxygens (including phenoxy) is 2. The van der Waals surface area contributed by atoms with Crippen molar-refractivity contribution in [2.75, 3.05) is 13.2 Å². The normalized spacial score (nSPS) is 20.1. The third kappa shape index (κ3) is 3.73. The Kier molecular flexibility index (Phi) is 5.79. The maximum Gasteiger partial charge on any atom is 0.411 e. The molecule has 0 aliphatic carbocycles. The molecule has 0 saturated carbocycles. The van der Waals surface area contributed by atoms with E-state index in [-0.39, 0.29) is 19.2 Å². The predicted molar refractivity (Wildman–Crippen MR) is 86.7 cm³/mol. The molecule has 0 bridgehead atoms. The summed E-state index contributed by atoms with van der Waals surface area (Å²) in [5.74, 6) is -0.380. The number of amides is 1. The van der Waals surface area contributed by atoms with Crippen molar-refractivity contribution in [2.24, 2.45) is 0 Å². The lowest BCUT2D eigenvalue weighted by atomic mass is 9.92. The summed E-state index contributed by atoms with van der Waals surface area (Å²) in [5, 5.41) is 0. The van der Waals surface area contributed by atoms with E-state index in [0.717, 1.165) is 12.0 Å². The first-order chi connectivity index (χ1) is 11.1. The van der Waals surface area contributed by atoms with Crippen LogP contribution < -0.4 is 0 Å². The number of rotatable bonds is 6. The van der Waals surface area contributed by atoms with E-state index < -0.39 is 11.6 Å². The summed E-state index contributed by atoms with van der Waals surface area (Å²) < 4.78 is 10.6. The highest BCUT2D eigenvalue weighted by Crippen LogP contribution is 2.35. The van der Waals surface area contributed by atoms with Gasteiger partial charge >= 0.3 is 12.1 Å². The van der Waals surface area contributed by atoms with Crippen LogP contribution in [-0.2, 0) is 20.9 Å². The van der Waals surface area contributed by atoms with Crippen molar-refractivity contribution >= 4 is 12.1 Å². The van der Waals surface area contributed by atoms with E-state index in [2.05, 4.69) is 6.58 Å². The number of likely N-dealkylation sites (tertiary alicyclic amines) is 1. The number of carbonyl (C=O) groups is 2. The summed E-state index contributed by atoms with van der Waals surface area (Å²) in [6.07, 6.45) is 2.85. The van der Waals surface area contributed by atoms with Crippen LogP contribution in [0.2, 0.25) is 0 Å². The smallest absolute Gasteiger partial charge is 0.411 e. The number of esters is 1. The molecular weight excluding hydrogens is 294 g/mol. The Morgan fingerprint density at radius 1 is 1.30 bits per heavy atom. The molecule has 1 atom stereocenters. The average Bonchev–Trinajstić information content (AvgIpc) is 2.99. The van der Waals surface area contributed by atoms with Crippen molar-refractivity contribution in [2.45, 2.75) is 38.3 Å². The van der Waals surface area contributed by atoms with Gasteiger partial charge in [-0.3, -0.25) is 4.90 Å². The summed E-state index contributed by atoms with van der Waals surface area (Å²) in [6, 6.07) is 9.46. The van der Waals surface area contributed by atoms with Gasteiger partial charge in [0.05, 0.1) is 6.61 Å². The molecule has 1 aromatic rings. The number of hydrogen-bond donors (Lipinski definition) is 0. The Labute approximate surface area is 136 Å². The molecule has 0 spiro atoms. The van der Waals surface area contributed by atoms with Crippen LogP contribution >= 0.6 is 0 Å². The van der Waals surface area contributed by atoms with Gasteiger partial charge in [0.25, 0.3) is 0 Å². The molecule has 1 heterocycles. The molecule has 1 amide bonds. The summed E-state index contributed by atoms with van der Waals surface area (Å²) in [4.78, 5) is 26.4. The van der Waals surface area contributed by atoms with Gasteiger partial charge in [-0.05, 0) is 31.7 Å². The van der Waals surface area contributed by atoms with E-state index in [1.165, 1.54) is 4.90 Å². The fourth-order valence-corrected chi connectivity index (χ4v) is 2.95. The van der Waals surface area contributed by atoms with Crippen LogP contribution in [0.4, 0.5) is 4.79 Å². The third-order valence-electron chi connectivity index (χ3n) is 4.05. The quantitative estimate of drug-likeness (QED) is 0.597. The lowest BCUT2D eigenvalue weighted by molar-refractivity contribution is -0.155. The minimum atomic E-state index is -0.981. The van der Waals surface area contributed by atoms with Crippen LogP contribution in [0.3, 0.4) is 0 Å². The molecule has 1 fully saturated rings. The maximum atomic E-state index is 12.5. The van der Waals surface area contributed by atoms with Gasteiger partial charge < -0.3 is 9.47 Å². The van der Waals surface area contributed by atoms with Gasteiger partial charge in [-0.25, -0.2) is 9.59 Å². The monoisotopic (exact) mass is 317 g/mol. The van der Waals surface area contributed by atoms with Crippen molar-refractivity contribution < 1.29 is 19.1 Å². The molecule has 0 N–H and O–H groups in total. The lowest BCUT2D eigenvalue weighted by Gasteiger charge is -2.34. The fourth-order valence-electron chi connectivity index (χ4n) is 2.95. The summed E-state index contributed by atoms with van der Waals surface area (Å²) >= 11 is 0. The molecule has 1 unspecified atom stereocenters. The minimum absolute atomic E-state index is 0.184. The second-order valence-corrected chi connectivity index (χ2v) is 5.54. The molecule has 5 heteroatoms. The van der Waals surface area contributed by atoms with E-state index in [1.807, 2.05) is 30.3 Å². The van der Waals surface area contributed by atoms with E-state index in [1.54, 1.807) is 13.0 Å². The molecule has 1 aliphatic rings. The SMILES string of the molecule is C=CCC1(C(=O)OCC)CCCN1C(=O)OCc1ccccc1. The molecule has 1 saturated heterocycles. The van der Waals surface area contributed by atoms with Crippen molar-refractivity contribution in [1.29, 1.82) is 0 Å². The Bertz CT molecular complexity index is 557. The minimum Gasteiger partial charge on any atom is -0.464 e. The van der Waals surface area contributed by atoms with Gasteiger partial charge in [-0.15, -0.1) is 6.58 Å². The van der Waals surface area contributed by atoms with Crippen LogP contribution in [-0.4, -0.2) is 35.7 Å². The Morgan fingerprint density at radius 2 is 2.04 bits per heavy atom. The second-order valence-electron chi connectivity index (χ2n) is 5.54. The van der Waals surface area contributed by atoms with Crippen LogP contribution in [0.25, 0.3) is 0 Å². The molecule has 5 nitrogen and oxygen atoms in total. The highest BCUT2D eigenvalue weighted by molar-refractivity contribution is 5.86. The van der Waals surface area contributed by atoms with E-state index in [0.29, 0.717) is 19.4 Å². The number of nitrogens with zero attached hydrogens (tertiary/aromatic N) is 1. The second kappa shape index (κ2) is 7.81. The fraction of sp³-hybridized carbons (Fsp3) is 0.444. The Hall–Kier alpha value is -2.30. The van der Waals surface area contributed by atoms with Crippen molar-refractivity contribution in [3.8, 4) is 0 Å². The van der Waals surface area contributed by atoms with E-state index in [9.17, 15) is 9.59 Å². The molecule has 0 radical (unpaired) electrons. The van der Waals surface area contributed by atoms with Crippen molar-refractivity contribution in [3.05, 3.63) is 48.6 Å². The van der Waals surface area contributed by atoms with Crippen LogP contribution in [0.5, 0.6) is 0 Å². The predicted octanol–water partition coefficient (Wildman–Crippen LogP) is 3.30. The summed E-state index contributed by atoms with van der Waals surface area (Å²) in [7, 11) is 0. The van der Waals surface area contributed by atoms with Gasteiger partial charge in [0.2, 0.25) is 0 Å². The molecule has 2 rings (SSSR count). The zero-order valence-electron chi connectivity index (χ0n) is 13.5.